The number of carbonyl (C=O) groups excluding carboxylic acids is 3. The minimum absolute atomic E-state index is 0.190. The Labute approximate surface area is 182 Å². The Morgan fingerprint density at radius 1 is 1.10 bits per heavy atom. The highest BCUT2D eigenvalue weighted by molar-refractivity contribution is 9.10. The van der Waals surface area contributed by atoms with E-state index in [2.05, 4.69) is 27.8 Å². The van der Waals surface area contributed by atoms with Crippen LogP contribution in [-0.4, -0.2) is 31.1 Å². The van der Waals surface area contributed by atoms with Gasteiger partial charge in [-0.25, -0.2) is 9.69 Å². The number of amides is 4. The highest BCUT2D eigenvalue weighted by Crippen LogP contribution is 2.28. The lowest BCUT2D eigenvalue weighted by Gasteiger charge is -2.26. The van der Waals surface area contributed by atoms with Crippen molar-refractivity contribution in [2.75, 3.05) is 18.1 Å². The second kappa shape index (κ2) is 9.41. The quantitative estimate of drug-likeness (QED) is 0.374. The van der Waals surface area contributed by atoms with E-state index < -0.39 is 17.8 Å². The van der Waals surface area contributed by atoms with Crippen molar-refractivity contribution in [3.05, 3.63) is 70.7 Å². The summed E-state index contributed by atoms with van der Waals surface area (Å²) in [6.07, 6.45) is 2.98. The normalized spacial score (nSPS) is 15.2. The first-order valence-corrected chi connectivity index (χ1v) is 9.91. The fourth-order valence-corrected chi connectivity index (χ4v) is 3.20. The molecule has 1 aliphatic rings. The van der Waals surface area contributed by atoms with Gasteiger partial charge in [0.2, 0.25) is 0 Å². The van der Waals surface area contributed by atoms with Crippen molar-refractivity contribution < 1.29 is 23.9 Å². The second-order valence-electron chi connectivity index (χ2n) is 6.17. The van der Waals surface area contributed by atoms with Gasteiger partial charge in [-0.15, -0.1) is 0 Å². The minimum atomic E-state index is -0.816. The lowest BCUT2D eigenvalue weighted by atomic mass is 10.1. The van der Waals surface area contributed by atoms with Gasteiger partial charge in [-0.3, -0.25) is 14.9 Å². The summed E-state index contributed by atoms with van der Waals surface area (Å²) in [5.74, 6) is -0.434. The van der Waals surface area contributed by atoms with E-state index in [0.717, 1.165) is 9.37 Å². The van der Waals surface area contributed by atoms with Crippen LogP contribution in [0, 0.1) is 0 Å². The Bertz CT molecular complexity index is 1030. The first-order valence-electron chi connectivity index (χ1n) is 9.12. The maximum absolute atomic E-state index is 13.0. The summed E-state index contributed by atoms with van der Waals surface area (Å²) in [6.45, 7) is 6.22. The number of benzene rings is 2. The zero-order chi connectivity index (χ0) is 21.7. The molecule has 1 saturated heterocycles. The van der Waals surface area contributed by atoms with Crippen molar-refractivity contribution in [1.82, 2.24) is 5.32 Å². The number of urea groups is 1. The Kier molecular flexibility index (Phi) is 6.68. The van der Waals surface area contributed by atoms with Gasteiger partial charge in [0.05, 0.1) is 12.3 Å². The van der Waals surface area contributed by atoms with Crippen LogP contribution in [-0.2, 0) is 9.59 Å². The van der Waals surface area contributed by atoms with Gasteiger partial charge in [0.15, 0.2) is 0 Å². The summed E-state index contributed by atoms with van der Waals surface area (Å²) in [4.78, 5) is 38.7. The molecule has 7 nitrogen and oxygen atoms in total. The molecule has 1 aliphatic heterocycles. The van der Waals surface area contributed by atoms with Crippen molar-refractivity contribution in [3.63, 3.8) is 0 Å². The zero-order valence-corrected chi connectivity index (χ0v) is 17.8. The lowest BCUT2D eigenvalue weighted by Crippen LogP contribution is -2.54. The number of nitrogens with zero attached hydrogens (tertiary/aromatic N) is 1. The number of ether oxygens (including phenoxy) is 2. The first kappa shape index (κ1) is 21.3. The molecule has 0 atom stereocenters. The maximum atomic E-state index is 13.0. The molecule has 0 spiro atoms. The van der Waals surface area contributed by atoms with Gasteiger partial charge in [0.1, 0.15) is 23.7 Å². The van der Waals surface area contributed by atoms with E-state index in [1.807, 2.05) is 6.92 Å². The van der Waals surface area contributed by atoms with Crippen LogP contribution in [0.5, 0.6) is 11.5 Å². The number of imide groups is 2. The number of rotatable bonds is 7. The molecule has 4 amide bonds. The molecule has 154 valence electrons. The van der Waals surface area contributed by atoms with E-state index in [0.29, 0.717) is 29.4 Å². The Hall–Kier alpha value is -3.39. The number of barbiturate groups is 1. The van der Waals surface area contributed by atoms with Crippen LogP contribution in [0.4, 0.5) is 10.5 Å². The maximum Gasteiger partial charge on any atom is 0.335 e. The number of hydrogen-bond donors (Lipinski definition) is 1. The summed E-state index contributed by atoms with van der Waals surface area (Å²) < 4.78 is 11.7. The molecule has 8 heteroatoms. The Morgan fingerprint density at radius 3 is 2.50 bits per heavy atom. The van der Waals surface area contributed by atoms with E-state index in [1.54, 1.807) is 48.5 Å². The monoisotopic (exact) mass is 470 g/mol. The SMILES string of the molecule is C=CCOc1ccc(Br)cc1/C=C1\C(=O)NC(=O)N(c2ccc(OCC)cc2)C1=O. The molecule has 2 aromatic rings. The average molecular weight is 471 g/mol. The molecule has 0 unspecified atom stereocenters. The van der Waals surface area contributed by atoms with Gasteiger partial charge in [-0.1, -0.05) is 28.6 Å². The van der Waals surface area contributed by atoms with Crippen molar-refractivity contribution in [2.45, 2.75) is 6.92 Å². The molecular formula is C22H19BrN2O5. The smallest absolute Gasteiger partial charge is 0.335 e. The average Bonchev–Trinajstić information content (AvgIpc) is 2.72. The predicted molar refractivity (Wildman–Crippen MR) is 116 cm³/mol. The number of anilines is 1. The van der Waals surface area contributed by atoms with Crippen molar-refractivity contribution >= 4 is 45.5 Å². The molecule has 2 aromatic carbocycles. The van der Waals surface area contributed by atoms with E-state index in [1.165, 1.54) is 6.08 Å². The zero-order valence-electron chi connectivity index (χ0n) is 16.2. The second-order valence-corrected chi connectivity index (χ2v) is 7.08. The van der Waals surface area contributed by atoms with Crippen molar-refractivity contribution in [2.24, 2.45) is 0 Å². The summed E-state index contributed by atoms with van der Waals surface area (Å²) in [5.41, 5.74) is 0.632. The lowest BCUT2D eigenvalue weighted by molar-refractivity contribution is -0.122. The van der Waals surface area contributed by atoms with Crippen molar-refractivity contribution in [1.29, 1.82) is 0 Å². The number of hydrogen-bond acceptors (Lipinski definition) is 5. The molecule has 0 saturated carbocycles. The third-order valence-corrected chi connectivity index (χ3v) is 4.63. The highest BCUT2D eigenvalue weighted by Gasteiger charge is 2.37. The van der Waals surface area contributed by atoms with Gasteiger partial charge < -0.3 is 9.47 Å². The third kappa shape index (κ3) is 4.60. The van der Waals surface area contributed by atoms with Crippen LogP contribution in [0.1, 0.15) is 12.5 Å². The van der Waals surface area contributed by atoms with Crippen LogP contribution in [0.25, 0.3) is 6.08 Å². The fraction of sp³-hybridized carbons (Fsp3) is 0.136. The van der Waals surface area contributed by atoms with Gasteiger partial charge in [0.25, 0.3) is 11.8 Å². The summed E-state index contributed by atoms with van der Waals surface area (Å²) >= 11 is 3.37. The molecule has 3 rings (SSSR count). The van der Waals surface area contributed by atoms with Gasteiger partial charge in [0, 0.05) is 10.0 Å². The van der Waals surface area contributed by atoms with Crippen LogP contribution >= 0.6 is 15.9 Å². The fourth-order valence-electron chi connectivity index (χ4n) is 2.82. The molecule has 30 heavy (non-hydrogen) atoms. The number of halogens is 1. The molecule has 0 radical (unpaired) electrons. The summed E-state index contributed by atoms with van der Waals surface area (Å²) in [7, 11) is 0. The minimum Gasteiger partial charge on any atom is -0.494 e. The Morgan fingerprint density at radius 2 is 1.83 bits per heavy atom. The number of nitrogens with one attached hydrogen (secondary N) is 1. The third-order valence-electron chi connectivity index (χ3n) is 4.14. The molecule has 0 aromatic heterocycles. The summed E-state index contributed by atoms with van der Waals surface area (Å²) in [6, 6.07) is 10.8. The first-order chi connectivity index (χ1) is 14.4. The van der Waals surface area contributed by atoms with Crippen LogP contribution in [0.15, 0.2) is 65.2 Å². The van der Waals surface area contributed by atoms with E-state index in [9.17, 15) is 14.4 Å². The van der Waals surface area contributed by atoms with Crippen LogP contribution in [0.2, 0.25) is 0 Å². The van der Waals surface area contributed by atoms with Crippen LogP contribution < -0.4 is 19.7 Å². The molecule has 0 aliphatic carbocycles. The topological polar surface area (TPSA) is 84.9 Å². The number of carbonyl (C=O) groups is 3. The molecule has 1 fully saturated rings. The molecule has 0 bridgehead atoms. The van der Waals surface area contributed by atoms with E-state index in [4.69, 9.17) is 9.47 Å². The van der Waals surface area contributed by atoms with Gasteiger partial charge in [-0.05, 0) is 55.5 Å². The highest BCUT2D eigenvalue weighted by atomic mass is 79.9. The summed E-state index contributed by atoms with van der Waals surface area (Å²) in [5, 5.41) is 2.20. The molecular weight excluding hydrogens is 452 g/mol. The Balaban J connectivity index is 1.98. The van der Waals surface area contributed by atoms with E-state index >= 15 is 0 Å². The van der Waals surface area contributed by atoms with Gasteiger partial charge in [-0.2, -0.15) is 0 Å². The predicted octanol–water partition coefficient (Wildman–Crippen LogP) is 4.08. The standard InChI is InChI=1S/C22H19BrN2O5/c1-3-11-30-19-10-5-15(23)12-14(19)13-18-20(26)24-22(28)25(21(18)27)16-6-8-17(9-7-16)29-4-2/h3,5-10,12-13H,1,4,11H2,2H3,(H,24,26,28)/b18-13+. The largest absolute Gasteiger partial charge is 0.494 e. The molecule has 1 N–H and O–H groups in total. The molecule has 1 heterocycles. The van der Waals surface area contributed by atoms with Crippen LogP contribution in [0.3, 0.4) is 0 Å². The van der Waals surface area contributed by atoms with Crippen molar-refractivity contribution in [3.8, 4) is 11.5 Å². The van der Waals surface area contributed by atoms with E-state index in [-0.39, 0.29) is 12.2 Å². The van der Waals surface area contributed by atoms with Gasteiger partial charge >= 0.3 is 6.03 Å².